The van der Waals surface area contributed by atoms with Crippen LogP contribution in [0.2, 0.25) is 0 Å². The van der Waals surface area contributed by atoms with Crippen LogP contribution in [0.5, 0.6) is 5.75 Å². The molecule has 6 nitrogen and oxygen atoms in total. The van der Waals surface area contributed by atoms with Gasteiger partial charge in [-0.15, -0.1) is 0 Å². The zero-order chi connectivity index (χ0) is 15.2. The predicted molar refractivity (Wildman–Crippen MR) is 75.2 cm³/mol. The van der Waals surface area contributed by atoms with Crippen LogP contribution in [0.3, 0.4) is 0 Å². The summed E-state index contributed by atoms with van der Waals surface area (Å²) in [5.74, 6) is 0.232. The Morgan fingerprint density at radius 3 is 2.55 bits per heavy atom. The molecule has 1 aromatic carbocycles. The van der Waals surface area contributed by atoms with Gasteiger partial charge in [0.15, 0.2) is 0 Å². The van der Waals surface area contributed by atoms with Gasteiger partial charge in [-0.2, -0.15) is 0 Å². The Hall–Kier alpha value is -1.15. The summed E-state index contributed by atoms with van der Waals surface area (Å²) in [6.07, 6.45) is 0.614. The second kappa shape index (κ2) is 7.58. The first-order valence-corrected chi connectivity index (χ1v) is 7.64. The molecule has 20 heavy (non-hydrogen) atoms. The molecule has 0 bridgehead atoms. The highest BCUT2D eigenvalue weighted by atomic mass is 32.2. The highest BCUT2D eigenvalue weighted by Gasteiger charge is 2.24. The van der Waals surface area contributed by atoms with Crippen molar-refractivity contribution in [2.45, 2.75) is 17.9 Å². The molecule has 0 unspecified atom stereocenters. The number of hydrogen-bond acceptors (Lipinski definition) is 5. The normalized spacial score (nSPS) is 11.8. The molecule has 1 aromatic rings. The van der Waals surface area contributed by atoms with Crippen molar-refractivity contribution < 1.29 is 23.0 Å². The molecule has 0 aliphatic heterocycles. The number of ether oxygens (including phenoxy) is 2. The van der Waals surface area contributed by atoms with E-state index >= 15 is 0 Å². The molecule has 0 aromatic heterocycles. The Balaban J connectivity index is 3.02. The number of aliphatic hydroxyl groups excluding tert-OH is 1. The standard InChI is InChI=1S/C13H21NO5S/c1-14(7-4-8-18-2)20(16,17)13-6-5-11(10-15)9-12(13)19-3/h5-6,9,15H,4,7-8,10H2,1-3H3. The maximum Gasteiger partial charge on any atom is 0.246 e. The summed E-state index contributed by atoms with van der Waals surface area (Å²) in [6.45, 7) is 0.696. The minimum absolute atomic E-state index is 0.0946. The van der Waals surface area contributed by atoms with Crippen molar-refractivity contribution >= 4 is 10.0 Å². The Morgan fingerprint density at radius 1 is 1.30 bits per heavy atom. The van der Waals surface area contributed by atoms with Gasteiger partial charge in [0.05, 0.1) is 13.7 Å². The van der Waals surface area contributed by atoms with Crippen molar-refractivity contribution in [2.24, 2.45) is 0 Å². The van der Waals surface area contributed by atoms with Crippen molar-refractivity contribution in [3.63, 3.8) is 0 Å². The fourth-order valence-corrected chi connectivity index (χ4v) is 3.08. The zero-order valence-corrected chi connectivity index (χ0v) is 12.8. The number of aliphatic hydroxyl groups is 1. The van der Waals surface area contributed by atoms with Crippen molar-refractivity contribution in [1.29, 1.82) is 0 Å². The van der Waals surface area contributed by atoms with Gasteiger partial charge in [-0.3, -0.25) is 0 Å². The average Bonchev–Trinajstić information content (AvgIpc) is 2.46. The fraction of sp³-hybridized carbons (Fsp3) is 0.538. The highest BCUT2D eigenvalue weighted by Crippen LogP contribution is 2.27. The number of benzene rings is 1. The number of rotatable bonds is 8. The van der Waals surface area contributed by atoms with Crippen LogP contribution in [0.15, 0.2) is 23.1 Å². The van der Waals surface area contributed by atoms with Gasteiger partial charge in [-0.25, -0.2) is 12.7 Å². The quantitative estimate of drug-likeness (QED) is 0.720. The summed E-state index contributed by atoms with van der Waals surface area (Å²) >= 11 is 0. The lowest BCUT2D eigenvalue weighted by Crippen LogP contribution is -2.29. The Morgan fingerprint density at radius 2 is 2.00 bits per heavy atom. The summed E-state index contributed by atoms with van der Waals surface area (Å²) in [6, 6.07) is 4.54. The fourth-order valence-electron chi connectivity index (χ4n) is 1.74. The summed E-state index contributed by atoms with van der Waals surface area (Å²) in [5.41, 5.74) is 0.600. The van der Waals surface area contributed by atoms with E-state index in [1.807, 2.05) is 0 Å². The Bertz CT molecular complexity index is 530. The topological polar surface area (TPSA) is 76.1 Å². The van der Waals surface area contributed by atoms with Crippen molar-refractivity contribution in [1.82, 2.24) is 4.31 Å². The lowest BCUT2D eigenvalue weighted by atomic mass is 10.2. The van der Waals surface area contributed by atoms with Gasteiger partial charge >= 0.3 is 0 Å². The van der Waals surface area contributed by atoms with E-state index in [-0.39, 0.29) is 17.3 Å². The monoisotopic (exact) mass is 303 g/mol. The van der Waals surface area contributed by atoms with Crippen LogP contribution in [0, 0.1) is 0 Å². The highest BCUT2D eigenvalue weighted by molar-refractivity contribution is 7.89. The molecule has 114 valence electrons. The first kappa shape index (κ1) is 16.9. The number of methoxy groups -OCH3 is 2. The molecule has 7 heteroatoms. The predicted octanol–water partition coefficient (Wildman–Crippen LogP) is 0.844. The second-order valence-electron chi connectivity index (χ2n) is 4.32. The molecule has 0 saturated carbocycles. The SMILES string of the molecule is COCCCN(C)S(=O)(=O)c1ccc(CO)cc1OC. The van der Waals surface area contributed by atoms with E-state index in [0.29, 0.717) is 25.1 Å². The number of sulfonamides is 1. The van der Waals surface area contributed by atoms with E-state index in [2.05, 4.69) is 0 Å². The van der Waals surface area contributed by atoms with Gasteiger partial charge in [-0.05, 0) is 24.1 Å². The first-order valence-electron chi connectivity index (χ1n) is 6.20. The third-order valence-electron chi connectivity index (χ3n) is 2.92. The summed E-state index contributed by atoms with van der Waals surface area (Å²) < 4.78 is 36.2. The molecular formula is C13H21NO5S. The van der Waals surface area contributed by atoms with Crippen LogP contribution in [0.1, 0.15) is 12.0 Å². The summed E-state index contributed by atoms with van der Waals surface area (Å²) in [5, 5.41) is 9.07. The van der Waals surface area contributed by atoms with E-state index in [1.54, 1.807) is 13.2 Å². The van der Waals surface area contributed by atoms with Crippen LogP contribution >= 0.6 is 0 Å². The molecule has 0 amide bonds. The second-order valence-corrected chi connectivity index (χ2v) is 6.33. The summed E-state index contributed by atoms with van der Waals surface area (Å²) in [4.78, 5) is 0.0946. The minimum atomic E-state index is -3.62. The molecule has 0 heterocycles. The van der Waals surface area contributed by atoms with Crippen LogP contribution < -0.4 is 4.74 Å². The van der Waals surface area contributed by atoms with Crippen LogP contribution in [-0.4, -0.2) is 52.2 Å². The van der Waals surface area contributed by atoms with Crippen molar-refractivity contribution in [3.8, 4) is 5.75 Å². The number of hydrogen-bond donors (Lipinski definition) is 1. The van der Waals surface area contributed by atoms with Gasteiger partial charge in [0.25, 0.3) is 0 Å². The molecule has 0 saturated heterocycles. The van der Waals surface area contributed by atoms with Crippen molar-refractivity contribution in [3.05, 3.63) is 23.8 Å². The molecule has 0 aliphatic carbocycles. The lowest BCUT2D eigenvalue weighted by molar-refractivity contribution is 0.189. The zero-order valence-electron chi connectivity index (χ0n) is 12.0. The average molecular weight is 303 g/mol. The largest absolute Gasteiger partial charge is 0.495 e. The van der Waals surface area contributed by atoms with E-state index in [9.17, 15) is 8.42 Å². The van der Waals surface area contributed by atoms with E-state index in [0.717, 1.165) is 0 Å². The van der Waals surface area contributed by atoms with Crippen LogP contribution in [0.4, 0.5) is 0 Å². The molecule has 0 atom stereocenters. The summed E-state index contributed by atoms with van der Waals surface area (Å²) in [7, 11) is 0.880. The van der Waals surface area contributed by atoms with Crippen LogP contribution in [0.25, 0.3) is 0 Å². The van der Waals surface area contributed by atoms with Crippen molar-refractivity contribution in [2.75, 3.05) is 34.4 Å². The third kappa shape index (κ3) is 3.92. The van der Waals surface area contributed by atoms with E-state index in [1.165, 1.54) is 30.6 Å². The van der Waals surface area contributed by atoms with Gasteiger partial charge in [0.1, 0.15) is 10.6 Å². The maximum absolute atomic E-state index is 12.4. The third-order valence-corrected chi connectivity index (χ3v) is 4.82. The van der Waals surface area contributed by atoms with Gasteiger partial charge in [0, 0.05) is 27.3 Å². The maximum atomic E-state index is 12.4. The number of nitrogens with zero attached hydrogens (tertiary/aromatic N) is 1. The Kier molecular flexibility index (Phi) is 6.41. The van der Waals surface area contributed by atoms with Crippen LogP contribution in [-0.2, 0) is 21.4 Å². The minimum Gasteiger partial charge on any atom is -0.495 e. The van der Waals surface area contributed by atoms with E-state index in [4.69, 9.17) is 14.6 Å². The smallest absolute Gasteiger partial charge is 0.246 e. The molecule has 0 radical (unpaired) electrons. The molecule has 1 rings (SSSR count). The van der Waals surface area contributed by atoms with Gasteiger partial charge in [0.2, 0.25) is 10.0 Å². The molecule has 0 aliphatic rings. The van der Waals surface area contributed by atoms with Gasteiger partial charge < -0.3 is 14.6 Å². The Labute approximate surface area is 120 Å². The molecule has 1 N–H and O–H groups in total. The van der Waals surface area contributed by atoms with Gasteiger partial charge in [-0.1, -0.05) is 6.07 Å². The molecule has 0 fully saturated rings. The molecule has 0 spiro atoms. The molecular weight excluding hydrogens is 282 g/mol. The lowest BCUT2D eigenvalue weighted by Gasteiger charge is -2.19. The first-order chi connectivity index (χ1) is 9.47. The van der Waals surface area contributed by atoms with E-state index < -0.39 is 10.0 Å².